The summed E-state index contributed by atoms with van der Waals surface area (Å²) in [5.41, 5.74) is 7.23. The quantitative estimate of drug-likeness (QED) is 0.849. The SMILES string of the molecule is CCCc1ccc(Oc2cnc(C(N)=S)cn2)cc1. The first-order valence-corrected chi connectivity index (χ1v) is 6.48. The minimum Gasteiger partial charge on any atom is -0.438 e. The van der Waals surface area contributed by atoms with E-state index >= 15 is 0 Å². The van der Waals surface area contributed by atoms with Gasteiger partial charge in [-0.05, 0) is 24.1 Å². The van der Waals surface area contributed by atoms with Crippen LogP contribution >= 0.6 is 12.2 Å². The highest BCUT2D eigenvalue weighted by atomic mass is 32.1. The Hall–Kier alpha value is -2.01. The van der Waals surface area contributed by atoms with Crippen molar-refractivity contribution >= 4 is 17.2 Å². The van der Waals surface area contributed by atoms with Crippen molar-refractivity contribution in [3.05, 3.63) is 47.9 Å². The first kappa shape index (κ1) is 13.4. The zero-order valence-corrected chi connectivity index (χ0v) is 11.5. The number of aromatic nitrogens is 2. The van der Waals surface area contributed by atoms with Crippen molar-refractivity contribution in [1.82, 2.24) is 9.97 Å². The number of nitrogens with two attached hydrogens (primary N) is 1. The molecule has 2 aromatic rings. The minimum absolute atomic E-state index is 0.225. The second-order valence-corrected chi connectivity index (χ2v) is 4.54. The van der Waals surface area contributed by atoms with E-state index in [1.54, 1.807) is 0 Å². The third-order valence-corrected chi connectivity index (χ3v) is 2.77. The van der Waals surface area contributed by atoms with Crippen LogP contribution in [-0.2, 0) is 6.42 Å². The highest BCUT2D eigenvalue weighted by Crippen LogP contribution is 2.19. The van der Waals surface area contributed by atoms with Gasteiger partial charge in [0.1, 0.15) is 16.4 Å². The fraction of sp³-hybridized carbons (Fsp3) is 0.214. The van der Waals surface area contributed by atoms with Gasteiger partial charge in [0.2, 0.25) is 5.88 Å². The van der Waals surface area contributed by atoms with Crippen molar-refractivity contribution in [1.29, 1.82) is 0 Å². The summed E-state index contributed by atoms with van der Waals surface area (Å²) in [5, 5.41) is 0. The van der Waals surface area contributed by atoms with Crippen LogP contribution in [0.1, 0.15) is 24.6 Å². The molecule has 0 fully saturated rings. The van der Waals surface area contributed by atoms with Crippen molar-refractivity contribution in [3.63, 3.8) is 0 Å². The number of ether oxygens (including phenoxy) is 1. The molecule has 0 spiro atoms. The van der Waals surface area contributed by atoms with Crippen LogP contribution in [0.5, 0.6) is 11.6 Å². The number of benzene rings is 1. The Morgan fingerprint density at radius 1 is 1.21 bits per heavy atom. The molecule has 0 radical (unpaired) electrons. The lowest BCUT2D eigenvalue weighted by atomic mass is 10.1. The number of nitrogens with zero attached hydrogens (tertiary/aromatic N) is 2. The first-order chi connectivity index (χ1) is 9.19. The minimum atomic E-state index is 0.225. The van der Waals surface area contributed by atoms with Gasteiger partial charge in [0.05, 0.1) is 12.4 Å². The maximum Gasteiger partial charge on any atom is 0.237 e. The van der Waals surface area contributed by atoms with Crippen molar-refractivity contribution in [2.24, 2.45) is 5.73 Å². The highest BCUT2D eigenvalue weighted by Gasteiger charge is 2.02. The highest BCUT2D eigenvalue weighted by molar-refractivity contribution is 7.80. The van der Waals surface area contributed by atoms with Crippen LogP contribution in [0.2, 0.25) is 0 Å². The second kappa shape index (κ2) is 6.24. The monoisotopic (exact) mass is 273 g/mol. The Morgan fingerprint density at radius 2 is 1.95 bits per heavy atom. The van der Waals surface area contributed by atoms with Gasteiger partial charge in [-0.25, -0.2) is 9.97 Å². The maximum absolute atomic E-state index is 5.59. The summed E-state index contributed by atoms with van der Waals surface area (Å²) in [6.45, 7) is 2.16. The zero-order valence-electron chi connectivity index (χ0n) is 10.7. The van der Waals surface area contributed by atoms with Crippen LogP contribution in [0.15, 0.2) is 36.7 Å². The summed E-state index contributed by atoms with van der Waals surface area (Å²) in [7, 11) is 0. The van der Waals surface area contributed by atoms with Crippen LogP contribution in [0.4, 0.5) is 0 Å². The van der Waals surface area contributed by atoms with E-state index < -0.39 is 0 Å². The summed E-state index contributed by atoms with van der Waals surface area (Å²) < 4.78 is 5.59. The van der Waals surface area contributed by atoms with Crippen molar-refractivity contribution in [3.8, 4) is 11.6 Å². The molecular formula is C14H15N3OS. The van der Waals surface area contributed by atoms with E-state index in [2.05, 4.69) is 29.0 Å². The lowest BCUT2D eigenvalue weighted by Crippen LogP contribution is -2.11. The van der Waals surface area contributed by atoms with Gasteiger partial charge in [0.25, 0.3) is 0 Å². The molecule has 98 valence electrons. The maximum atomic E-state index is 5.59. The average molecular weight is 273 g/mol. The van der Waals surface area contributed by atoms with Gasteiger partial charge >= 0.3 is 0 Å². The number of rotatable bonds is 5. The molecule has 1 aromatic heterocycles. The predicted molar refractivity (Wildman–Crippen MR) is 78.4 cm³/mol. The molecule has 19 heavy (non-hydrogen) atoms. The summed E-state index contributed by atoms with van der Waals surface area (Å²) in [6, 6.07) is 7.95. The Morgan fingerprint density at radius 3 is 2.47 bits per heavy atom. The Bertz CT molecular complexity index is 552. The van der Waals surface area contributed by atoms with E-state index in [1.807, 2.05) is 12.1 Å². The summed E-state index contributed by atoms with van der Waals surface area (Å²) >= 11 is 4.81. The van der Waals surface area contributed by atoms with E-state index in [4.69, 9.17) is 22.7 Å². The number of aryl methyl sites for hydroxylation is 1. The standard InChI is InChI=1S/C14H15N3OS/c1-2-3-10-4-6-11(7-5-10)18-13-9-16-12(8-17-13)14(15)19/h4-9H,2-3H2,1H3,(H2,15,19). The lowest BCUT2D eigenvalue weighted by molar-refractivity contribution is 0.460. The van der Waals surface area contributed by atoms with Gasteiger partial charge in [-0.15, -0.1) is 0 Å². The lowest BCUT2D eigenvalue weighted by Gasteiger charge is -2.05. The van der Waals surface area contributed by atoms with Gasteiger partial charge in [0, 0.05) is 0 Å². The van der Waals surface area contributed by atoms with Crippen LogP contribution in [0, 0.1) is 0 Å². The average Bonchev–Trinajstić information content (AvgIpc) is 2.42. The topological polar surface area (TPSA) is 61.0 Å². The van der Waals surface area contributed by atoms with E-state index in [0.717, 1.165) is 18.6 Å². The molecule has 0 aliphatic heterocycles. The smallest absolute Gasteiger partial charge is 0.237 e. The molecule has 1 heterocycles. The number of hydrogen-bond acceptors (Lipinski definition) is 4. The van der Waals surface area contributed by atoms with Gasteiger partial charge in [-0.3, -0.25) is 0 Å². The van der Waals surface area contributed by atoms with E-state index in [-0.39, 0.29) is 4.99 Å². The molecule has 0 unspecified atom stereocenters. The van der Waals surface area contributed by atoms with Crippen LogP contribution < -0.4 is 10.5 Å². The summed E-state index contributed by atoms with van der Waals surface area (Å²) in [6.07, 6.45) is 5.21. The molecule has 4 nitrogen and oxygen atoms in total. The largest absolute Gasteiger partial charge is 0.438 e. The molecule has 0 aliphatic rings. The molecular weight excluding hydrogens is 258 g/mol. The van der Waals surface area contributed by atoms with Crippen LogP contribution in [0.3, 0.4) is 0 Å². The summed E-state index contributed by atoms with van der Waals surface area (Å²) in [5.74, 6) is 1.15. The van der Waals surface area contributed by atoms with Gasteiger partial charge in [0.15, 0.2) is 0 Å². The Balaban J connectivity index is 2.06. The van der Waals surface area contributed by atoms with E-state index in [1.165, 1.54) is 18.0 Å². The molecule has 0 atom stereocenters. The molecule has 2 N–H and O–H groups in total. The predicted octanol–water partition coefficient (Wildman–Crippen LogP) is 2.86. The normalized spacial score (nSPS) is 10.2. The first-order valence-electron chi connectivity index (χ1n) is 6.07. The van der Waals surface area contributed by atoms with Gasteiger partial charge in [-0.1, -0.05) is 37.7 Å². The van der Waals surface area contributed by atoms with Crippen molar-refractivity contribution < 1.29 is 4.74 Å². The van der Waals surface area contributed by atoms with Crippen molar-refractivity contribution in [2.75, 3.05) is 0 Å². The number of thiocarbonyl (C=S) groups is 1. The van der Waals surface area contributed by atoms with E-state index in [0.29, 0.717) is 11.6 Å². The van der Waals surface area contributed by atoms with Crippen molar-refractivity contribution in [2.45, 2.75) is 19.8 Å². The second-order valence-electron chi connectivity index (χ2n) is 4.10. The molecule has 0 aliphatic carbocycles. The van der Waals surface area contributed by atoms with Gasteiger partial charge < -0.3 is 10.5 Å². The zero-order chi connectivity index (χ0) is 13.7. The molecule has 0 saturated carbocycles. The molecule has 1 aromatic carbocycles. The molecule has 0 amide bonds. The van der Waals surface area contributed by atoms with Crippen LogP contribution in [-0.4, -0.2) is 15.0 Å². The third-order valence-electron chi connectivity index (χ3n) is 2.57. The molecule has 5 heteroatoms. The summed E-state index contributed by atoms with van der Waals surface area (Å²) in [4.78, 5) is 8.39. The van der Waals surface area contributed by atoms with Gasteiger partial charge in [-0.2, -0.15) is 0 Å². The fourth-order valence-corrected chi connectivity index (χ4v) is 1.74. The molecule has 0 saturated heterocycles. The third kappa shape index (κ3) is 3.72. The fourth-order valence-electron chi connectivity index (χ4n) is 1.63. The molecule has 2 rings (SSSR count). The molecule has 0 bridgehead atoms. The van der Waals surface area contributed by atoms with E-state index in [9.17, 15) is 0 Å². The Kier molecular flexibility index (Phi) is 4.41. The number of hydrogen-bond donors (Lipinski definition) is 1. The van der Waals surface area contributed by atoms with Crippen LogP contribution in [0.25, 0.3) is 0 Å². The Labute approximate surface area is 117 Å².